The lowest BCUT2D eigenvalue weighted by Crippen LogP contribution is -2.29. The number of hydrogen-bond donors (Lipinski definition) is 1. The molecular weight excluding hydrogens is 431 g/mol. The molecule has 0 saturated carbocycles. The minimum Gasteiger partial charge on any atom is -0.489 e. The molecule has 0 unspecified atom stereocenters. The van der Waals surface area contributed by atoms with Crippen LogP contribution in [0, 0.1) is 0 Å². The summed E-state index contributed by atoms with van der Waals surface area (Å²) in [5.74, 6) is 0.451. The molecule has 0 spiro atoms. The van der Waals surface area contributed by atoms with E-state index in [9.17, 15) is 18.0 Å². The first-order chi connectivity index (χ1) is 15.7. The van der Waals surface area contributed by atoms with Gasteiger partial charge in [-0.3, -0.25) is 9.36 Å². The van der Waals surface area contributed by atoms with Gasteiger partial charge in [0.25, 0.3) is 5.91 Å². The first kappa shape index (κ1) is 22.4. The fraction of sp³-hybridized carbons (Fsp3) is 0.200. The van der Waals surface area contributed by atoms with Crippen LogP contribution in [0.1, 0.15) is 35.3 Å². The molecule has 1 amide bonds. The van der Waals surface area contributed by atoms with Gasteiger partial charge in [-0.05, 0) is 74.0 Å². The number of benzene rings is 3. The molecule has 170 valence electrons. The number of nitrogens with one attached hydrogen (secondary N) is 1. The van der Waals surface area contributed by atoms with E-state index in [-0.39, 0.29) is 18.6 Å². The van der Waals surface area contributed by atoms with E-state index in [0.717, 1.165) is 23.3 Å². The Kier molecular flexibility index (Phi) is 6.09. The van der Waals surface area contributed by atoms with Gasteiger partial charge in [-0.1, -0.05) is 12.1 Å². The van der Waals surface area contributed by atoms with E-state index in [1.165, 1.54) is 12.1 Å². The fourth-order valence-corrected chi connectivity index (χ4v) is 3.36. The monoisotopic (exact) mass is 453 g/mol. The maximum atomic E-state index is 12.7. The maximum Gasteiger partial charge on any atom is 0.416 e. The second-order valence-corrected chi connectivity index (χ2v) is 7.92. The summed E-state index contributed by atoms with van der Waals surface area (Å²) in [5, 5.41) is 2.86. The van der Waals surface area contributed by atoms with Crippen LogP contribution in [0.3, 0.4) is 0 Å². The topological polar surface area (TPSA) is 56.2 Å². The van der Waals surface area contributed by atoms with Crippen LogP contribution >= 0.6 is 0 Å². The SMILES string of the molecule is CC(C)NC(=O)c1ccc2c(c1)ncn2-c1ccc(OCc2ccc(C(F)(F)F)cc2)cc1. The Morgan fingerprint density at radius 2 is 1.73 bits per heavy atom. The van der Waals surface area contributed by atoms with Gasteiger partial charge >= 0.3 is 6.18 Å². The Bertz CT molecular complexity index is 1260. The molecule has 0 aliphatic rings. The van der Waals surface area contributed by atoms with Crippen molar-refractivity contribution in [3.05, 3.63) is 89.7 Å². The Labute approximate surface area is 188 Å². The van der Waals surface area contributed by atoms with Gasteiger partial charge in [0.2, 0.25) is 0 Å². The number of amides is 1. The third-order valence-electron chi connectivity index (χ3n) is 5.03. The predicted molar refractivity (Wildman–Crippen MR) is 119 cm³/mol. The molecule has 0 atom stereocenters. The van der Waals surface area contributed by atoms with Gasteiger partial charge < -0.3 is 10.1 Å². The molecule has 3 aromatic carbocycles. The van der Waals surface area contributed by atoms with Gasteiger partial charge in [0.15, 0.2) is 0 Å². The fourth-order valence-electron chi connectivity index (χ4n) is 3.36. The van der Waals surface area contributed by atoms with Crippen LogP contribution in [-0.2, 0) is 12.8 Å². The largest absolute Gasteiger partial charge is 0.489 e. The van der Waals surface area contributed by atoms with E-state index >= 15 is 0 Å². The predicted octanol–water partition coefficient (Wildman–Crippen LogP) is 5.76. The van der Waals surface area contributed by atoms with E-state index in [1.807, 2.05) is 36.6 Å². The number of carbonyl (C=O) groups is 1. The molecule has 0 radical (unpaired) electrons. The summed E-state index contributed by atoms with van der Waals surface area (Å²) in [5.41, 5.74) is 2.93. The van der Waals surface area contributed by atoms with Gasteiger partial charge in [-0.2, -0.15) is 13.2 Å². The van der Waals surface area contributed by atoms with Crippen molar-refractivity contribution < 1.29 is 22.7 Å². The Morgan fingerprint density at radius 1 is 1.03 bits per heavy atom. The van der Waals surface area contributed by atoms with Gasteiger partial charge in [-0.25, -0.2) is 4.98 Å². The van der Waals surface area contributed by atoms with Crippen molar-refractivity contribution in [2.75, 3.05) is 0 Å². The lowest BCUT2D eigenvalue weighted by molar-refractivity contribution is -0.137. The van der Waals surface area contributed by atoms with Crippen molar-refractivity contribution in [2.24, 2.45) is 0 Å². The van der Waals surface area contributed by atoms with E-state index < -0.39 is 11.7 Å². The molecule has 33 heavy (non-hydrogen) atoms. The highest BCUT2D eigenvalue weighted by atomic mass is 19.4. The number of fused-ring (bicyclic) bond motifs is 1. The minimum atomic E-state index is -4.35. The Balaban J connectivity index is 1.45. The number of rotatable bonds is 6. The average molecular weight is 453 g/mol. The first-order valence-electron chi connectivity index (χ1n) is 10.4. The van der Waals surface area contributed by atoms with Crippen LogP contribution < -0.4 is 10.1 Å². The maximum absolute atomic E-state index is 12.7. The molecule has 0 fully saturated rings. The summed E-state index contributed by atoms with van der Waals surface area (Å²) < 4.78 is 45.6. The number of aromatic nitrogens is 2. The van der Waals surface area contributed by atoms with Gasteiger partial charge in [0, 0.05) is 17.3 Å². The van der Waals surface area contributed by atoms with E-state index in [2.05, 4.69) is 10.3 Å². The van der Waals surface area contributed by atoms with Crippen molar-refractivity contribution >= 4 is 16.9 Å². The summed E-state index contributed by atoms with van der Waals surface area (Å²) >= 11 is 0. The molecule has 4 rings (SSSR count). The number of ether oxygens (including phenoxy) is 1. The van der Waals surface area contributed by atoms with Crippen LogP contribution in [0.2, 0.25) is 0 Å². The van der Waals surface area contributed by atoms with E-state index in [4.69, 9.17) is 4.74 Å². The van der Waals surface area contributed by atoms with Crippen LogP contribution in [0.25, 0.3) is 16.7 Å². The zero-order valence-corrected chi connectivity index (χ0v) is 18.1. The quantitative estimate of drug-likeness (QED) is 0.404. The normalized spacial score (nSPS) is 11.7. The smallest absolute Gasteiger partial charge is 0.416 e. The average Bonchev–Trinajstić information content (AvgIpc) is 3.20. The molecule has 0 saturated heterocycles. The van der Waals surface area contributed by atoms with Crippen LogP contribution in [-0.4, -0.2) is 21.5 Å². The molecule has 0 bridgehead atoms. The van der Waals surface area contributed by atoms with E-state index in [1.54, 1.807) is 30.6 Å². The summed E-state index contributed by atoms with van der Waals surface area (Å²) in [6.45, 7) is 3.97. The van der Waals surface area contributed by atoms with Gasteiger partial charge in [0.05, 0.1) is 16.6 Å². The molecule has 8 heteroatoms. The number of hydrogen-bond acceptors (Lipinski definition) is 3. The first-order valence-corrected chi connectivity index (χ1v) is 10.4. The molecule has 5 nitrogen and oxygen atoms in total. The second-order valence-electron chi connectivity index (χ2n) is 7.92. The minimum absolute atomic E-state index is 0.0470. The lowest BCUT2D eigenvalue weighted by Gasteiger charge is -2.10. The highest BCUT2D eigenvalue weighted by Gasteiger charge is 2.29. The zero-order chi connectivity index (χ0) is 23.6. The zero-order valence-electron chi connectivity index (χ0n) is 18.1. The number of halogens is 3. The van der Waals surface area contributed by atoms with Crippen molar-refractivity contribution in [1.82, 2.24) is 14.9 Å². The van der Waals surface area contributed by atoms with Crippen LogP contribution in [0.15, 0.2) is 73.1 Å². The highest BCUT2D eigenvalue weighted by Crippen LogP contribution is 2.29. The van der Waals surface area contributed by atoms with Crippen molar-refractivity contribution in [2.45, 2.75) is 32.7 Å². The van der Waals surface area contributed by atoms with E-state index in [0.29, 0.717) is 22.4 Å². The van der Waals surface area contributed by atoms with Gasteiger partial charge in [-0.15, -0.1) is 0 Å². The Morgan fingerprint density at radius 3 is 2.36 bits per heavy atom. The molecule has 0 aliphatic heterocycles. The third kappa shape index (κ3) is 5.16. The van der Waals surface area contributed by atoms with Crippen LogP contribution in [0.5, 0.6) is 5.75 Å². The molecule has 4 aromatic rings. The van der Waals surface area contributed by atoms with Gasteiger partial charge in [0.1, 0.15) is 18.7 Å². The molecule has 1 N–H and O–H groups in total. The second kappa shape index (κ2) is 8.97. The lowest BCUT2D eigenvalue weighted by atomic mass is 10.1. The summed E-state index contributed by atoms with van der Waals surface area (Å²) in [6.07, 6.45) is -2.67. The summed E-state index contributed by atoms with van der Waals surface area (Å²) in [6, 6.07) is 17.6. The van der Waals surface area contributed by atoms with Crippen molar-refractivity contribution in [3.8, 4) is 11.4 Å². The number of alkyl halides is 3. The number of carbonyl (C=O) groups excluding carboxylic acids is 1. The Hall–Kier alpha value is -3.81. The number of imidazole rings is 1. The van der Waals surface area contributed by atoms with Crippen molar-refractivity contribution in [1.29, 1.82) is 0 Å². The van der Waals surface area contributed by atoms with Crippen LogP contribution in [0.4, 0.5) is 13.2 Å². The number of nitrogens with zero attached hydrogens (tertiary/aromatic N) is 2. The van der Waals surface area contributed by atoms with Crippen molar-refractivity contribution in [3.63, 3.8) is 0 Å². The summed E-state index contributed by atoms with van der Waals surface area (Å²) in [4.78, 5) is 16.6. The third-order valence-corrected chi connectivity index (χ3v) is 5.03. The highest BCUT2D eigenvalue weighted by molar-refractivity contribution is 5.97. The molecule has 1 heterocycles. The molecule has 0 aliphatic carbocycles. The standard InChI is InChI=1S/C25H22F3N3O2/c1-16(2)30-24(32)18-5-12-23-22(13-18)29-15-31(23)20-8-10-21(11-9-20)33-14-17-3-6-19(7-4-17)25(26,27)28/h3-13,15-16H,14H2,1-2H3,(H,30,32). The molecular formula is C25H22F3N3O2. The summed E-state index contributed by atoms with van der Waals surface area (Å²) in [7, 11) is 0. The molecule has 1 aromatic heterocycles.